The lowest BCUT2D eigenvalue weighted by molar-refractivity contribution is -0.139. The van der Waals surface area contributed by atoms with Crippen LogP contribution in [0.5, 0.6) is 0 Å². The van der Waals surface area contributed by atoms with E-state index in [2.05, 4.69) is 10.3 Å². The standard InChI is InChI=1S/C15H16N2O3S/c1-3-11(15(19)20)17-13(18)12-9(2)16-14(21-12)10-7-5-4-6-8-10/h4-8,11H,3H2,1-2H3,(H,17,18)(H,19,20). The Hall–Kier alpha value is -2.21. The van der Waals surface area contributed by atoms with Crippen LogP contribution in [0.4, 0.5) is 0 Å². The number of carboxylic acid groups (broad SMARTS) is 1. The smallest absolute Gasteiger partial charge is 0.326 e. The summed E-state index contributed by atoms with van der Waals surface area (Å²) in [6.07, 6.45) is 0.338. The maximum absolute atomic E-state index is 12.2. The van der Waals surface area contributed by atoms with Crippen LogP contribution in [0.3, 0.4) is 0 Å². The fourth-order valence-electron chi connectivity index (χ4n) is 1.87. The fourth-order valence-corrected chi connectivity index (χ4v) is 2.85. The fraction of sp³-hybridized carbons (Fsp3) is 0.267. The highest BCUT2D eigenvalue weighted by Gasteiger charge is 2.22. The van der Waals surface area contributed by atoms with Gasteiger partial charge < -0.3 is 10.4 Å². The number of aryl methyl sites for hydroxylation is 1. The van der Waals surface area contributed by atoms with Crippen LogP contribution in [0.15, 0.2) is 30.3 Å². The van der Waals surface area contributed by atoms with Crippen molar-refractivity contribution in [2.45, 2.75) is 26.3 Å². The first kappa shape index (κ1) is 15.2. The molecule has 21 heavy (non-hydrogen) atoms. The molecule has 2 aromatic rings. The van der Waals surface area contributed by atoms with Crippen molar-refractivity contribution in [3.8, 4) is 10.6 Å². The van der Waals surface area contributed by atoms with Crippen molar-refractivity contribution >= 4 is 23.2 Å². The summed E-state index contributed by atoms with van der Waals surface area (Å²) in [6.45, 7) is 3.47. The molecule has 1 unspecified atom stereocenters. The Labute approximate surface area is 126 Å². The molecule has 0 bridgehead atoms. The highest BCUT2D eigenvalue weighted by molar-refractivity contribution is 7.17. The van der Waals surface area contributed by atoms with E-state index in [0.29, 0.717) is 17.0 Å². The molecule has 0 saturated heterocycles. The first-order chi connectivity index (χ1) is 10.0. The summed E-state index contributed by atoms with van der Waals surface area (Å²) in [5.74, 6) is -1.42. The minimum absolute atomic E-state index is 0.338. The summed E-state index contributed by atoms with van der Waals surface area (Å²) in [5, 5.41) is 12.3. The number of nitrogens with one attached hydrogen (secondary N) is 1. The molecule has 0 aliphatic heterocycles. The topological polar surface area (TPSA) is 79.3 Å². The third kappa shape index (κ3) is 3.46. The summed E-state index contributed by atoms with van der Waals surface area (Å²) < 4.78 is 0. The Bertz CT molecular complexity index is 652. The van der Waals surface area contributed by atoms with Crippen LogP contribution in [-0.2, 0) is 4.79 Å². The molecule has 1 heterocycles. The largest absolute Gasteiger partial charge is 0.480 e. The first-order valence-electron chi connectivity index (χ1n) is 6.59. The molecule has 1 atom stereocenters. The maximum atomic E-state index is 12.2. The molecule has 0 fully saturated rings. The number of nitrogens with zero attached hydrogens (tertiary/aromatic N) is 1. The van der Waals surface area contributed by atoms with Crippen LogP contribution in [0.2, 0.25) is 0 Å². The van der Waals surface area contributed by atoms with Gasteiger partial charge >= 0.3 is 5.97 Å². The van der Waals surface area contributed by atoms with Crippen LogP contribution in [0.25, 0.3) is 10.6 Å². The minimum atomic E-state index is -1.03. The number of aromatic nitrogens is 1. The maximum Gasteiger partial charge on any atom is 0.326 e. The molecule has 0 saturated carbocycles. The molecule has 0 aliphatic rings. The molecular weight excluding hydrogens is 288 g/mol. The summed E-state index contributed by atoms with van der Waals surface area (Å²) in [6, 6.07) is 8.69. The zero-order chi connectivity index (χ0) is 15.4. The number of thiazole rings is 1. The van der Waals surface area contributed by atoms with Gasteiger partial charge in [0.2, 0.25) is 0 Å². The molecule has 1 aromatic heterocycles. The predicted octanol–water partition coefficient (Wildman–Crippen LogP) is 2.71. The van der Waals surface area contributed by atoms with Gasteiger partial charge in [-0.15, -0.1) is 11.3 Å². The second-order valence-electron chi connectivity index (χ2n) is 4.57. The number of carbonyl (C=O) groups is 2. The molecular formula is C15H16N2O3S. The molecule has 6 heteroatoms. The zero-order valence-corrected chi connectivity index (χ0v) is 12.6. The van der Waals surface area contributed by atoms with E-state index in [4.69, 9.17) is 5.11 Å². The summed E-state index contributed by atoms with van der Waals surface area (Å²) in [4.78, 5) is 28.0. The van der Waals surface area contributed by atoms with Gasteiger partial charge in [-0.1, -0.05) is 37.3 Å². The molecule has 0 spiro atoms. The van der Waals surface area contributed by atoms with E-state index in [1.54, 1.807) is 13.8 Å². The van der Waals surface area contributed by atoms with Crippen molar-refractivity contribution in [3.05, 3.63) is 40.9 Å². The molecule has 2 N–H and O–H groups in total. The van der Waals surface area contributed by atoms with Crippen molar-refractivity contribution in [3.63, 3.8) is 0 Å². The van der Waals surface area contributed by atoms with Crippen molar-refractivity contribution in [2.24, 2.45) is 0 Å². The van der Waals surface area contributed by atoms with Gasteiger partial charge in [-0.05, 0) is 13.3 Å². The van der Waals surface area contributed by atoms with E-state index in [9.17, 15) is 9.59 Å². The van der Waals surface area contributed by atoms with Crippen molar-refractivity contribution in [2.75, 3.05) is 0 Å². The van der Waals surface area contributed by atoms with Crippen LogP contribution in [-0.4, -0.2) is 28.0 Å². The Morgan fingerprint density at radius 1 is 1.33 bits per heavy atom. The Kier molecular flexibility index (Phi) is 4.70. The number of carbonyl (C=O) groups excluding carboxylic acids is 1. The molecule has 1 amide bonds. The van der Waals surface area contributed by atoms with Crippen LogP contribution in [0, 0.1) is 6.92 Å². The number of benzene rings is 1. The number of hydrogen-bond acceptors (Lipinski definition) is 4. The number of rotatable bonds is 5. The summed E-state index contributed by atoms with van der Waals surface area (Å²) in [5.41, 5.74) is 1.55. The van der Waals surface area contributed by atoms with Gasteiger partial charge in [-0.3, -0.25) is 4.79 Å². The summed E-state index contributed by atoms with van der Waals surface area (Å²) >= 11 is 1.27. The van der Waals surface area contributed by atoms with Crippen LogP contribution < -0.4 is 5.32 Å². The number of carboxylic acids is 1. The Balaban J connectivity index is 2.23. The highest BCUT2D eigenvalue weighted by Crippen LogP contribution is 2.27. The van der Waals surface area contributed by atoms with Gasteiger partial charge in [0.25, 0.3) is 5.91 Å². The van der Waals surface area contributed by atoms with Crippen LogP contribution in [0.1, 0.15) is 28.7 Å². The third-order valence-corrected chi connectivity index (χ3v) is 4.24. The molecule has 0 radical (unpaired) electrons. The number of aliphatic carboxylic acids is 1. The van der Waals surface area contributed by atoms with E-state index in [1.807, 2.05) is 30.3 Å². The van der Waals surface area contributed by atoms with Crippen molar-refractivity contribution in [1.82, 2.24) is 10.3 Å². The van der Waals surface area contributed by atoms with Gasteiger partial charge in [-0.2, -0.15) is 0 Å². The molecule has 110 valence electrons. The Morgan fingerprint density at radius 2 is 2.00 bits per heavy atom. The number of hydrogen-bond donors (Lipinski definition) is 2. The Morgan fingerprint density at radius 3 is 2.57 bits per heavy atom. The second-order valence-corrected chi connectivity index (χ2v) is 5.57. The van der Waals surface area contributed by atoms with E-state index in [0.717, 1.165) is 10.6 Å². The van der Waals surface area contributed by atoms with Gasteiger partial charge in [0.15, 0.2) is 0 Å². The lowest BCUT2D eigenvalue weighted by Gasteiger charge is -2.11. The quantitative estimate of drug-likeness (QED) is 0.890. The minimum Gasteiger partial charge on any atom is -0.480 e. The van der Waals surface area contributed by atoms with Gasteiger partial charge in [0.1, 0.15) is 15.9 Å². The van der Waals surface area contributed by atoms with Gasteiger partial charge in [0, 0.05) is 5.56 Å². The van der Waals surface area contributed by atoms with E-state index >= 15 is 0 Å². The lowest BCUT2D eigenvalue weighted by Crippen LogP contribution is -2.40. The lowest BCUT2D eigenvalue weighted by atomic mass is 10.2. The zero-order valence-electron chi connectivity index (χ0n) is 11.8. The third-order valence-electron chi connectivity index (χ3n) is 3.04. The van der Waals surface area contributed by atoms with Gasteiger partial charge in [0.05, 0.1) is 5.69 Å². The monoisotopic (exact) mass is 304 g/mol. The van der Waals surface area contributed by atoms with E-state index in [1.165, 1.54) is 11.3 Å². The average Bonchev–Trinajstić information content (AvgIpc) is 2.87. The second kappa shape index (κ2) is 6.49. The summed E-state index contributed by atoms with van der Waals surface area (Å²) in [7, 11) is 0. The number of amides is 1. The molecule has 1 aromatic carbocycles. The normalized spacial score (nSPS) is 11.9. The average molecular weight is 304 g/mol. The van der Waals surface area contributed by atoms with Gasteiger partial charge in [-0.25, -0.2) is 9.78 Å². The molecule has 0 aliphatic carbocycles. The predicted molar refractivity (Wildman–Crippen MR) is 81.5 cm³/mol. The van der Waals surface area contributed by atoms with Crippen molar-refractivity contribution in [1.29, 1.82) is 0 Å². The van der Waals surface area contributed by atoms with E-state index in [-0.39, 0.29) is 5.91 Å². The van der Waals surface area contributed by atoms with Crippen molar-refractivity contribution < 1.29 is 14.7 Å². The van der Waals surface area contributed by atoms with Crippen LogP contribution >= 0.6 is 11.3 Å². The molecule has 5 nitrogen and oxygen atoms in total. The molecule has 2 rings (SSSR count). The van der Waals surface area contributed by atoms with E-state index < -0.39 is 12.0 Å². The first-order valence-corrected chi connectivity index (χ1v) is 7.41. The SMILES string of the molecule is CCC(NC(=O)c1sc(-c2ccccc2)nc1C)C(=O)O. The highest BCUT2D eigenvalue weighted by atomic mass is 32.1.